The number of hydrogen-bond donors (Lipinski definition) is 0. The fourth-order valence-corrected chi connectivity index (χ4v) is 2.87. The molecule has 0 radical (unpaired) electrons. The van der Waals surface area contributed by atoms with Crippen molar-refractivity contribution in [3.05, 3.63) is 71.8 Å². The van der Waals surface area contributed by atoms with Gasteiger partial charge in [-0.05, 0) is 11.1 Å². The summed E-state index contributed by atoms with van der Waals surface area (Å²) in [5.74, 6) is -4.02. The molecule has 142 valence electrons. The molecule has 0 bridgehead atoms. The Morgan fingerprint density at radius 2 is 1.67 bits per heavy atom. The van der Waals surface area contributed by atoms with Crippen LogP contribution in [0.2, 0.25) is 0 Å². The molecule has 1 amide bonds. The number of halogens is 2. The van der Waals surface area contributed by atoms with Crippen molar-refractivity contribution < 1.29 is 27.8 Å². The minimum Gasteiger partial charge on any atom is -0.444 e. The van der Waals surface area contributed by atoms with Crippen molar-refractivity contribution in [2.45, 2.75) is 31.4 Å². The van der Waals surface area contributed by atoms with E-state index < -0.39 is 43.6 Å². The third-order valence-corrected chi connectivity index (χ3v) is 4.23. The van der Waals surface area contributed by atoms with E-state index in [2.05, 4.69) is 0 Å². The lowest BCUT2D eigenvalue weighted by molar-refractivity contribution is -0.141. The Labute approximate surface area is 155 Å². The molecule has 5 nitrogen and oxygen atoms in total. The third kappa shape index (κ3) is 5.03. The highest BCUT2D eigenvalue weighted by molar-refractivity contribution is 5.83. The standard InChI is InChI=1S/C20H19F2NO4/c21-20(22,11-15-7-3-1-4-8-15)12-17-18(24)27-14-23(17)19(25)26-13-16-9-5-2-6-10-16/h1-10,17H,11-14H2. The molecule has 1 heterocycles. The summed E-state index contributed by atoms with van der Waals surface area (Å²) >= 11 is 0. The Kier molecular flexibility index (Phi) is 5.69. The van der Waals surface area contributed by atoms with Crippen molar-refractivity contribution >= 4 is 12.1 Å². The van der Waals surface area contributed by atoms with E-state index in [1.165, 1.54) is 0 Å². The van der Waals surface area contributed by atoms with E-state index in [9.17, 15) is 18.4 Å². The van der Waals surface area contributed by atoms with Gasteiger partial charge in [-0.2, -0.15) is 0 Å². The topological polar surface area (TPSA) is 55.8 Å². The lowest BCUT2D eigenvalue weighted by atomic mass is 10.0. The molecule has 1 aliphatic rings. The van der Waals surface area contributed by atoms with Gasteiger partial charge in [0, 0.05) is 12.8 Å². The average molecular weight is 375 g/mol. The van der Waals surface area contributed by atoms with Crippen molar-refractivity contribution in [1.29, 1.82) is 0 Å². The van der Waals surface area contributed by atoms with Gasteiger partial charge in [-0.25, -0.2) is 18.4 Å². The molecule has 0 saturated carbocycles. The van der Waals surface area contributed by atoms with E-state index in [4.69, 9.17) is 9.47 Å². The monoisotopic (exact) mass is 375 g/mol. The predicted octanol–water partition coefficient (Wildman–Crippen LogP) is 3.78. The Hall–Kier alpha value is -2.96. The second-order valence-corrected chi connectivity index (χ2v) is 6.34. The largest absolute Gasteiger partial charge is 0.444 e. The molecule has 3 rings (SSSR count). The van der Waals surface area contributed by atoms with E-state index in [0.717, 1.165) is 10.5 Å². The summed E-state index contributed by atoms with van der Waals surface area (Å²) < 4.78 is 38.8. The second-order valence-electron chi connectivity index (χ2n) is 6.34. The number of nitrogens with zero attached hydrogens (tertiary/aromatic N) is 1. The SMILES string of the molecule is O=C1OCN(C(=O)OCc2ccccc2)C1CC(F)(F)Cc1ccccc1. The summed E-state index contributed by atoms with van der Waals surface area (Å²) in [5, 5.41) is 0. The maximum Gasteiger partial charge on any atom is 0.413 e. The first-order valence-electron chi connectivity index (χ1n) is 8.50. The van der Waals surface area contributed by atoms with Crippen molar-refractivity contribution in [1.82, 2.24) is 4.90 Å². The number of carbonyl (C=O) groups excluding carboxylic acids is 2. The first-order chi connectivity index (χ1) is 12.9. The van der Waals surface area contributed by atoms with Gasteiger partial charge < -0.3 is 9.47 Å². The molecule has 0 aromatic heterocycles. The minimum absolute atomic E-state index is 0.0164. The Morgan fingerprint density at radius 1 is 1.07 bits per heavy atom. The number of esters is 1. The van der Waals surface area contributed by atoms with Crippen LogP contribution in [-0.4, -0.2) is 35.7 Å². The van der Waals surface area contributed by atoms with Crippen molar-refractivity contribution in [3.63, 3.8) is 0 Å². The minimum atomic E-state index is -3.17. The molecule has 1 fully saturated rings. The smallest absolute Gasteiger partial charge is 0.413 e. The zero-order chi connectivity index (χ0) is 19.3. The molecule has 7 heteroatoms. The number of carbonyl (C=O) groups is 2. The van der Waals surface area contributed by atoms with Crippen LogP contribution >= 0.6 is 0 Å². The molecular formula is C20H19F2NO4. The van der Waals surface area contributed by atoms with E-state index in [-0.39, 0.29) is 6.61 Å². The predicted molar refractivity (Wildman–Crippen MR) is 92.9 cm³/mol. The highest BCUT2D eigenvalue weighted by Gasteiger charge is 2.45. The maximum atomic E-state index is 14.4. The van der Waals surface area contributed by atoms with E-state index in [1.807, 2.05) is 6.07 Å². The van der Waals surface area contributed by atoms with Gasteiger partial charge in [0.2, 0.25) is 0 Å². The van der Waals surface area contributed by atoms with Gasteiger partial charge in [0.05, 0.1) is 0 Å². The number of ether oxygens (including phenoxy) is 2. The van der Waals surface area contributed by atoms with Crippen molar-refractivity contribution in [2.75, 3.05) is 6.73 Å². The van der Waals surface area contributed by atoms with Gasteiger partial charge in [-0.3, -0.25) is 4.90 Å². The van der Waals surface area contributed by atoms with Crippen molar-refractivity contribution in [2.24, 2.45) is 0 Å². The van der Waals surface area contributed by atoms with Crippen LogP contribution in [0.1, 0.15) is 17.5 Å². The fraction of sp³-hybridized carbons (Fsp3) is 0.300. The van der Waals surface area contributed by atoms with Gasteiger partial charge in [0.1, 0.15) is 12.6 Å². The molecule has 1 aliphatic heterocycles. The van der Waals surface area contributed by atoms with Gasteiger partial charge in [-0.15, -0.1) is 0 Å². The Balaban J connectivity index is 1.62. The number of alkyl halides is 2. The molecule has 2 aromatic carbocycles. The summed E-state index contributed by atoms with van der Waals surface area (Å²) in [7, 11) is 0. The number of amides is 1. The Morgan fingerprint density at radius 3 is 2.30 bits per heavy atom. The van der Waals surface area contributed by atoms with E-state index in [1.54, 1.807) is 54.6 Å². The van der Waals surface area contributed by atoms with Crippen LogP contribution < -0.4 is 0 Å². The summed E-state index contributed by atoms with van der Waals surface area (Å²) in [6.07, 6.45) is -2.20. The molecule has 1 unspecified atom stereocenters. The molecule has 0 N–H and O–H groups in total. The second kappa shape index (κ2) is 8.16. The highest BCUT2D eigenvalue weighted by atomic mass is 19.3. The van der Waals surface area contributed by atoms with Crippen LogP contribution in [0, 0.1) is 0 Å². The van der Waals surface area contributed by atoms with Crippen LogP contribution in [-0.2, 0) is 27.3 Å². The first kappa shape index (κ1) is 18.8. The lowest BCUT2D eigenvalue weighted by Gasteiger charge is -2.24. The highest BCUT2D eigenvalue weighted by Crippen LogP contribution is 2.30. The van der Waals surface area contributed by atoms with Crippen LogP contribution in [0.25, 0.3) is 0 Å². The molecular weight excluding hydrogens is 356 g/mol. The van der Waals surface area contributed by atoms with Crippen LogP contribution in [0.3, 0.4) is 0 Å². The van der Waals surface area contributed by atoms with Crippen molar-refractivity contribution in [3.8, 4) is 0 Å². The number of hydrogen-bond acceptors (Lipinski definition) is 4. The lowest BCUT2D eigenvalue weighted by Crippen LogP contribution is -2.42. The zero-order valence-corrected chi connectivity index (χ0v) is 14.5. The molecule has 1 saturated heterocycles. The van der Waals surface area contributed by atoms with Crippen LogP contribution in [0.4, 0.5) is 13.6 Å². The Bertz CT molecular complexity index is 783. The molecule has 1 atom stereocenters. The molecule has 2 aromatic rings. The van der Waals surface area contributed by atoms with Gasteiger partial charge in [0.25, 0.3) is 5.92 Å². The molecule has 0 spiro atoms. The summed E-state index contributed by atoms with van der Waals surface area (Å²) in [6, 6.07) is 15.8. The van der Waals surface area contributed by atoms with Crippen LogP contribution in [0.15, 0.2) is 60.7 Å². The normalized spacial score (nSPS) is 16.9. The summed E-state index contributed by atoms with van der Waals surface area (Å²) in [5.41, 5.74) is 1.20. The summed E-state index contributed by atoms with van der Waals surface area (Å²) in [6.45, 7) is -0.407. The molecule has 27 heavy (non-hydrogen) atoms. The number of cyclic esters (lactones) is 1. The quantitative estimate of drug-likeness (QED) is 0.721. The zero-order valence-electron chi connectivity index (χ0n) is 14.5. The third-order valence-electron chi connectivity index (χ3n) is 4.23. The van der Waals surface area contributed by atoms with Gasteiger partial charge in [0.15, 0.2) is 6.73 Å². The average Bonchev–Trinajstić information content (AvgIpc) is 3.01. The van der Waals surface area contributed by atoms with E-state index >= 15 is 0 Å². The van der Waals surface area contributed by atoms with Crippen LogP contribution in [0.5, 0.6) is 0 Å². The molecule has 0 aliphatic carbocycles. The maximum absolute atomic E-state index is 14.4. The first-order valence-corrected chi connectivity index (χ1v) is 8.50. The van der Waals surface area contributed by atoms with E-state index in [0.29, 0.717) is 5.56 Å². The fourth-order valence-electron chi connectivity index (χ4n) is 2.87. The number of rotatable bonds is 6. The van der Waals surface area contributed by atoms with Gasteiger partial charge in [-0.1, -0.05) is 60.7 Å². The number of benzene rings is 2. The van der Waals surface area contributed by atoms with Gasteiger partial charge >= 0.3 is 12.1 Å². The summed E-state index contributed by atoms with van der Waals surface area (Å²) in [4.78, 5) is 25.0.